The quantitative estimate of drug-likeness (QED) is 0.347. The van der Waals surface area contributed by atoms with E-state index in [4.69, 9.17) is 5.53 Å². The van der Waals surface area contributed by atoms with Crippen molar-refractivity contribution in [1.29, 1.82) is 0 Å². The number of hydrogen-bond acceptors (Lipinski definition) is 3. The van der Waals surface area contributed by atoms with E-state index in [1.807, 2.05) is 0 Å². The minimum absolute atomic E-state index is 0.0739. The zero-order valence-electron chi connectivity index (χ0n) is 10.2. The standard InChI is InChI=1S/C13H11N3O3/c1-8(6-9(17)7-15-14)16-12(18)10-4-2-3-5-11(10)13(16)19/h2-5,7-8H,6H2,1H3/t8-/m0/s1. The summed E-state index contributed by atoms with van der Waals surface area (Å²) in [5.74, 6) is -1.25. The molecule has 1 atom stereocenters. The molecule has 0 bridgehead atoms. The second-order valence-corrected chi connectivity index (χ2v) is 4.29. The Bertz CT molecular complexity index is 582. The first-order valence-corrected chi connectivity index (χ1v) is 5.73. The Morgan fingerprint density at radius 1 is 1.32 bits per heavy atom. The molecule has 0 N–H and O–H groups in total. The van der Waals surface area contributed by atoms with Crippen LogP contribution in [0.4, 0.5) is 0 Å². The van der Waals surface area contributed by atoms with Crippen LogP contribution in [0.2, 0.25) is 0 Å². The van der Waals surface area contributed by atoms with Crippen molar-refractivity contribution in [2.75, 3.05) is 0 Å². The van der Waals surface area contributed by atoms with Crippen molar-refractivity contribution < 1.29 is 19.2 Å². The maximum atomic E-state index is 12.1. The Morgan fingerprint density at radius 2 is 1.84 bits per heavy atom. The van der Waals surface area contributed by atoms with Crippen molar-refractivity contribution in [1.82, 2.24) is 4.90 Å². The van der Waals surface area contributed by atoms with Crippen LogP contribution >= 0.6 is 0 Å². The number of fused-ring (bicyclic) bond motifs is 1. The molecule has 0 fully saturated rings. The number of rotatable bonds is 4. The zero-order chi connectivity index (χ0) is 14.0. The Labute approximate surface area is 109 Å². The number of amides is 2. The van der Waals surface area contributed by atoms with Gasteiger partial charge in [-0.1, -0.05) is 12.1 Å². The van der Waals surface area contributed by atoms with Gasteiger partial charge < -0.3 is 5.53 Å². The van der Waals surface area contributed by atoms with Crippen LogP contribution in [0, 0.1) is 0 Å². The van der Waals surface area contributed by atoms with E-state index in [0.29, 0.717) is 11.1 Å². The Balaban J connectivity index is 2.24. The molecular weight excluding hydrogens is 246 g/mol. The van der Waals surface area contributed by atoms with E-state index >= 15 is 0 Å². The van der Waals surface area contributed by atoms with Gasteiger partial charge in [0.05, 0.1) is 11.1 Å². The highest BCUT2D eigenvalue weighted by Gasteiger charge is 2.38. The largest absolute Gasteiger partial charge is 0.361 e. The molecule has 1 heterocycles. The second-order valence-electron chi connectivity index (χ2n) is 4.29. The molecule has 2 amide bonds. The maximum absolute atomic E-state index is 12.1. The van der Waals surface area contributed by atoms with Crippen molar-refractivity contribution >= 4 is 23.8 Å². The van der Waals surface area contributed by atoms with Crippen molar-refractivity contribution in [2.45, 2.75) is 19.4 Å². The van der Waals surface area contributed by atoms with E-state index < -0.39 is 23.6 Å². The summed E-state index contributed by atoms with van der Waals surface area (Å²) in [6.45, 7) is 1.60. The number of hydrogen-bond donors (Lipinski definition) is 0. The molecule has 0 saturated heterocycles. The van der Waals surface area contributed by atoms with Gasteiger partial charge in [-0.25, -0.2) is 0 Å². The maximum Gasteiger partial charge on any atom is 0.323 e. The van der Waals surface area contributed by atoms with Gasteiger partial charge in [0.1, 0.15) is 0 Å². The normalized spacial score (nSPS) is 14.9. The smallest absolute Gasteiger partial charge is 0.323 e. The molecule has 0 saturated carbocycles. The molecular formula is C13H11N3O3. The van der Waals surface area contributed by atoms with Gasteiger partial charge in [-0.05, 0) is 19.1 Å². The summed E-state index contributed by atoms with van der Waals surface area (Å²) in [7, 11) is 0. The first-order valence-electron chi connectivity index (χ1n) is 5.73. The van der Waals surface area contributed by atoms with Crippen molar-refractivity contribution in [3.8, 4) is 0 Å². The number of benzene rings is 1. The molecule has 1 aromatic rings. The van der Waals surface area contributed by atoms with Gasteiger partial charge in [0.25, 0.3) is 11.8 Å². The first kappa shape index (κ1) is 12.9. The summed E-state index contributed by atoms with van der Waals surface area (Å²) in [6.07, 6.45) is 0.685. The third-order valence-electron chi connectivity index (χ3n) is 2.96. The third kappa shape index (κ3) is 2.21. The average Bonchev–Trinajstić information content (AvgIpc) is 2.63. The molecule has 0 radical (unpaired) electrons. The fourth-order valence-electron chi connectivity index (χ4n) is 2.11. The summed E-state index contributed by atoms with van der Waals surface area (Å²) < 4.78 is 0. The first-order chi connectivity index (χ1) is 9.06. The number of Topliss-reactive ketones (excluding diaryl/α,β-unsaturated/α-hetero) is 1. The summed E-state index contributed by atoms with van der Waals surface area (Å²) >= 11 is 0. The summed E-state index contributed by atoms with van der Waals surface area (Å²) in [4.78, 5) is 39.2. The van der Waals surface area contributed by atoms with Crippen molar-refractivity contribution in [3.05, 3.63) is 40.9 Å². The fraction of sp³-hybridized carbons (Fsp3) is 0.231. The minimum atomic E-state index is -0.585. The van der Waals surface area contributed by atoms with Crippen LogP contribution in [0.15, 0.2) is 24.3 Å². The second kappa shape index (κ2) is 4.96. The Kier molecular flexibility index (Phi) is 3.35. The minimum Gasteiger partial charge on any atom is -0.361 e. The molecule has 19 heavy (non-hydrogen) atoms. The van der Waals surface area contributed by atoms with Gasteiger partial charge >= 0.3 is 6.21 Å². The molecule has 0 aliphatic carbocycles. The van der Waals surface area contributed by atoms with Gasteiger partial charge in [0, 0.05) is 12.5 Å². The molecule has 96 valence electrons. The van der Waals surface area contributed by atoms with E-state index in [2.05, 4.69) is 4.79 Å². The topological polar surface area (TPSA) is 90.8 Å². The van der Waals surface area contributed by atoms with Crippen LogP contribution in [0.3, 0.4) is 0 Å². The van der Waals surface area contributed by atoms with Gasteiger partial charge in [-0.15, -0.1) is 0 Å². The monoisotopic (exact) mass is 257 g/mol. The van der Waals surface area contributed by atoms with Crippen LogP contribution in [-0.2, 0) is 4.79 Å². The molecule has 0 spiro atoms. The summed E-state index contributed by atoms with van der Waals surface area (Å²) in [5, 5.41) is 0. The van der Waals surface area contributed by atoms with E-state index in [-0.39, 0.29) is 6.42 Å². The van der Waals surface area contributed by atoms with Crippen molar-refractivity contribution in [3.63, 3.8) is 0 Å². The highest BCUT2D eigenvalue weighted by molar-refractivity contribution is 6.26. The van der Waals surface area contributed by atoms with Gasteiger partial charge in [-0.3, -0.25) is 19.3 Å². The van der Waals surface area contributed by atoms with Crippen molar-refractivity contribution in [2.24, 2.45) is 0 Å². The average molecular weight is 257 g/mol. The Hall–Kier alpha value is -2.59. The molecule has 6 heteroatoms. The summed E-state index contributed by atoms with van der Waals surface area (Å²) in [5.41, 5.74) is 8.96. The van der Waals surface area contributed by atoms with Crippen LogP contribution < -0.4 is 0 Å². The van der Waals surface area contributed by atoms with Crippen LogP contribution in [0.5, 0.6) is 0 Å². The van der Waals surface area contributed by atoms with Gasteiger partial charge in [0.2, 0.25) is 5.78 Å². The van der Waals surface area contributed by atoms with Gasteiger partial charge in [0.15, 0.2) is 0 Å². The molecule has 2 rings (SSSR count). The molecule has 0 aromatic heterocycles. The predicted molar refractivity (Wildman–Crippen MR) is 65.7 cm³/mol. The lowest BCUT2D eigenvalue weighted by atomic mass is 10.1. The molecule has 1 aliphatic rings. The number of imide groups is 1. The van der Waals surface area contributed by atoms with Crippen LogP contribution in [0.25, 0.3) is 5.53 Å². The van der Waals surface area contributed by atoms with E-state index in [0.717, 1.165) is 11.1 Å². The molecule has 6 nitrogen and oxygen atoms in total. The SMILES string of the molecule is C[C@@H](CC(=O)C=[N+]=[N-])N1C(=O)c2ccccc2C1=O. The predicted octanol–water partition coefficient (Wildman–Crippen LogP) is 0.931. The Morgan fingerprint density at radius 3 is 2.32 bits per heavy atom. The molecule has 0 unspecified atom stereocenters. The lowest BCUT2D eigenvalue weighted by Crippen LogP contribution is -2.39. The third-order valence-corrected chi connectivity index (χ3v) is 2.96. The zero-order valence-corrected chi connectivity index (χ0v) is 10.2. The van der Waals surface area contributed by atoms with Crippen LogP contribution in [-0.4, -0.2) is 39.5 Å². The lowest BCUT2D eigenvalue weighted by Gasteiger charge is -2.20. The van der Waals surface area contributed by atoms with E-state index in [1.165, 1.54) is 0 Å². The molecule has 1 aromatic carbocycles. The number of carbonyl (C=O) groups excluding carboxylic acids is 3. The summed E-state index contributed by atoms with van der Waals surface area (Å²) in [6, 6.07) is 5.94. The van der Waals surface area contributed by atoms with E-state index in [9.17, 15) is 14.4 Å². The van der Waals surface area contributed by atoms with Crippen LogP contribution in [0.1, 0.15) is 34.1 Å². The highest BCUT2D eigenvalue weighted by atomic mass is 16.2. The lowest BCUT2D eigenvalue weighted by molar-refractivity contribution is -0.116. The number of nitrogens with zero attached hydrogens (tertiary/aromatic N) is 3. The van der Waals surface area contributed by atoms with Gasteiger partial charge in [-0.2, -0.15) is 4.79 Å². The molecule has 1 aliphatic heterocycles. The number of ketones is 1. The fourth-order valence-corrected chi connectivity index (χ4v) is 2.11. The van der Waals surface area contributed by atoms with E-state index in [1.54, 1.807) is 31.2 Å². The number of carbonyl (C=O) groups is 3. The highest BCUT2D eigenvalue weighted by Crippen LogP contribution is 2.25.